The van der Waals surface area contributed by atoms with Crippen molar-refractivity contribution >= 4 is 27.0 Å². The van der Waals surface area contributed by atoms with E-state index in [4.69, 9.17) is 18.6 Å². The number of fused-ring (bicyclic) bond motifs is 1. The molecule has 0 fully saturated rings. The molecule has 0 amide bonds. The first-order valence-corrected chi connectivity index (χ1v) is 10.7. The Hall–Kier alpha value is -3.37. The molecule has 31 heavy (non-hydrogen) atoms. The summed E-state index contributed by atoms with van der Waals surface area (Å²) in [5, 5.41) is 0.735. The van der Waals surface area contributed by atoms with Gasteiger partial charge in [-0.05, 0) is 42.5 Å². The standard InChI is InChI=1S/C21H21NO8S/c1-22(2)31(25,26)18-8-6-16(7-9-18)27-11-12-28-21(24)14-29-17-5-3-15-4-10-20(23)30-19(15)13-17/h3-10,13H,11-12,14H2,1-2H3. The van der Waals surface area contributed by atoms with Crippen molar-refractivity contribution < 1.29 is 31.8 Å². The molecule has 164 valence electrons. The molecule has 0 aliphatic rings. The van der Waals surface area contributed by atoms with Crippen LogP contribution in [0.25, 0.3) is 11.0 Å². The second kappa shape index (κ2) is 9.63. The molecule has 0 atom stereocenters. The van der Waals surface area contributed by atoms with Crippen LogP contribution >= 0.6 is 0 Å². The number of hydrogen-bond donors (Lipinski definition) is 0. The zero-order valence-corrected chi connectivity index (χ0v) is 17.8. The summed E-state index contributed by atoms with van der Waals surface area (Å²) in [6.07, 6.45) is 0. The first kappa shape index (κ1) is 22.3. The molecule has 0 aliphatic heterocycles. The molecule has 0 spiro atoms. The number of nitrogens with zero attached hydrogens (tertiary/aromatic N) is 1. The molecule has 0 radical (unpaired) electrons. The maximum absolute atomic E-state index is 12.0. The highest BCUT2D eigenvalue weighted by molar-refractivity contribution is 7.89. The Balaban J connectivity index is 1.42. The molecule has 3 rings (SSSR count). The van der Waals surface area contributed by atoms with Crippen LogP contribution in [0, 0.1) is 0 Å². The fourth-order valence-corrected chi connectivity index (χ4v) is 3.45. The van der Waals surface area contributed by atoms with Crippen LogP contribution in [0.3, 0.4) is 0 Å². The quantitative estimate of drug-likeness (QED) is 0.278. The fraction of sp³-hybridized carbons (Fsp3) is 0.238. The highest BCUT2D eigenvalue weighted by atomic mass is 32.2. The van der Waals surface area contributed by atoms with Crippen LogP contribution in [0.4, 0.5) is 0 Å². The first-order valence-electron chi connectivity index (χ1n) is 9.23. The number of rotatable bonds is 9. The van der Waals surface area contributed by atoms with Gasteiger partial charge in [-0.3, -0.25) is 0 Å². The van der Waals surface area contributed by atoms with Crippen LogP contribution in [0.15, 0.2) is 68.7 Å². The lowest BCUT2D eigenvalue weighted by Crippen LogP contribution is -2.22. The summed E-state index contributed by atoms with van der Waals surface area (Å²) in [6, 6.07) is 13.8. The molecule has 0 saturated heterocycles. The zero-order valence-electron chi connectivity index (χ0n) is 16.9. The van der Waals surface area contributed by atoms with Crippen LogP contribution < -0.4 is 15.1 Å². The maximum Gasteiger partial charge on any atom is 0.344 e. The van der Waals surface area contributed by atoms with Gasteiger partial charge in [0, 0.05) is 31.6 Å². The van der Waals surface area contributed by atoms with Crippen LogP contribution in [0.2, 0.25) is 0 Å². The summed E-state index contributed by atoms with van der Waals surface area (Å²) in [6.45, 7) is -0.237. The number of benzene rings is 2. The third-order valence-corrected chi connectivity index (χ3v) is 6.00. The minimum atomic E-state index is -3.50. The Labute approximate surface area is 178 Å². The predicted octanol–water partition coefficient (Wildman–Crippen LogP) is 2.04. The second-order valence-corrected chi connectivity index (χ2v) is 8.72. The van der Waals surface area contributed by atoms with Crippen LogP contribution in [-0.4, -0.2) is 52.6 Å². The Morgan fingerprint density at radius 2 is 1.61 bits per heavy atom. The van der Waals surface area contributed by atoms with Gasteiger partial charge in [-0.1, -0.05) is 0 Å². The van der Waals surface area contributed by atoms with Gasteiger partial charge in [0.05, 0.1) is 4.90 Å². The van der Waals surface area contributed by atoms with E-state index in [0.717, 1.165) is 9.69 Å². The lowest BCUT2D eigenvalue weighted by molar-refractivity contribution is -0.146. The van der Waals surface area contributed by atoms with Gasteiger partial charge in [-0.15, -0.1) is 0 Å². The molecule has 0 saturated carbocycles. The van der Waals surface area contributed by atoms with E-state index in [9.17, 15) is 18.0 Å². The fourth-order valence-electron chi connectivity index (χ4n) is 2.55. The number of carbonyl (C=O) groups is 1. The summed E-state index contributed by atoms with van der Waals surface area (Å²) in [7, 11) is -0.593. The average molecular weight is 447 g/mol. The van der Waals surface area contributed by atoms with E-state index in [0.29, 0.717) is 17.1 Å². The molecule has 0 aliphatic carbocycles. The molecule has 0 N–H and O–H groups in total. The Morgan fingerprint density at radius 3 is 2.32 bits per heavy atom. The molecular formula is C21H21NO8S. The number of sulfonamides is 1. The summed E-state index contributed by atoms with van der Waals surface area (Å²) < 4.78 is 46.1. The van der Waals surface area contributed by atoms with Gasteiger partial charge < -0.3 is 18.6 Å². The third kappa shape index (κ3) is 5.83. The van der Waals surface area contributed by atoms with Crippen molar-refractivity contribution in [3.8, 4) is 11.5 Å². The van der Waals surface area contributed by atoms with Crippen molar-refractivity contribution in [3.05, 3.63) is 65.0 Å². The molecule has 0 bridgehead atoms. The zero-order chi connectivity index (χ0) is 22.4. The normalized spacial score (nSPS) is 11.5. The molecular weight excluding hydrogens is 426 g/mol. The van der Waals surface area contributed by atoms with Crippen molar-refractivity contribution in [2.45, 2.75) is 4.90 Å². The van der Waals surface area contributed by atoms with Gasteiger partial charge in [0.1, 0.15) is 30.3 Å². The molecule has 0 unspecified atom stereocenters. The van der Waals surface area contributed by atoms with E-state index < -0.39 is 21.6 Å². The third-order valence-electron chi connectivity index (χ3n) is 4.17. The van der Waals surface area contributed by atoms with E-state index >= 15 is 0 Å². The number of carbonyl (C=O) groups excluding carboxylic acids is 1. The van der Waals surface area contributed by atoms with E-state index in [2.05, 4.69) is 0 Å². The highest BCUT2D eigenvalue weighted by Gasteiger charge is 2.16. The Bertz CT molecular complexity index is 1220. The van der Waals surface area contributed by atoms with Crippen molar-refractivity contribution in [1.82, 2.24) is 4.31 Å². The topological polar surface area (TPSA) is 112 Å². The monoisotopic (exact) mass is 447 g/mol. The number of ether oxygens (including phenoxy) is 3. The summed E-state index contributed by atoms with van der Waals surface area (Å²) in [5.74, 6) is 0.219. The molecule has 10 heteroatoms. The minimum absolute atomic E-state index is 0.00740. The lowest BCUT2D eigenvalue weighted by atomic mass is 10.2. The van der Waals surface area contributed by atoms with Crippen molar-refractivity contribution in [3.63, 3.8) is 0 Å². The van der Waals surface area contributed by atoms with Crippen LogP contribution in [-0.2, 0) is 19.6 Å². The molecule has 3 aromatic rings. The second-order valence-electron chi connectivity index (χ2n) is 6.57. The van der Waals surface area contributed by atoms with Crippen molar-refractivity contribution in [1.29, 1.82) is 0 Å². The van der Waals surface area contributed by atoms with Gasteiger partial charge in [-0.2, -0.15) is 0 Å². The lowest BCUT2D eigenvalue weighted by Gasteiger charge is -2.12. The van der Waals surface area contributed by atoms with Gasteiger partial charge in [-0.25, -0.2) is 22.3 Å². The van der Waals surface area contributed by atoms with Crippen molar-refractivity contribution in [2.75, 3.05) is 33.9 Å². The van der Waals surface area contributed by atoms with E-state index in [-0.39, 0.29) is 24.7 Å². The summed E-state index contributed by atoms with van der Waals surface area (Å²) in [4.78, 5) is 23.2. The maximum atomic E-state index is 12.0. The minimum Gasteiger partial charge on any atom is -0.490 e. The van der Waals surface area contributed by atoms with Gasteiger partial charge in [0.15, 0.2) is 6.61 Å². The van der Waals surface area contributed by atoms with Gasteiger partial charge in [0.25, 0.3) is 0 Å². The smallest absolute Gasteiger partial charge is 0.344 e. The predicted molar refractivity (Wildman–Crippen MR) is 112 cm³/mol. The summed E-state index contributed by atoms with van der Waals surface area (Å²) >= 11 is 0. The largest absolute Gasteiger partial charge is 0.490 e. The van der Waals surface area contributed by atoms with Gasteiger partial charge >= 0.3 is 11.6 Å². The number of hydrogen-bond acceptors (Lipinski definition) is 8. The molecule has 1 aromatic heterocycles. The molecule has 1 heterocycles. The highest BCUT2D eigenvalue weighted by Crippen LogP contribution is 2.20. The SMILES string of the molecule is CN(C)S(=O)(=O)c1ccc(OCCOC(=O)COc2ccc3ccc(=O)oc3c2)cc1. The molecule has 2 aromatic carbocycles. The van der Waals surface area contributed by atoms with E-state index in [1.165, 1.54) is 50.5 Å². The van der Waals surface area contributed by atoms with E-state index in [1.807, 2.05) is 0 Å². The van der Waals surface area contributed by atoms with Crippen LogP contribution in [0.1, 0.15) is 0 Å². The number of esters is 1. The Kier molecular flexibility index (Phi) is 6.93. The van der Waals surface area contributed by atoms with Crippen LogP contribution in [0.5, 0.6) is 11.5 Å². The van der Waals surface area contributed by atoms with Gasteiger partial charge in [0.2, 0.25) is 10.0 Å². The van der Waals surface area contributed by atoms with E-state index in [1.54, 1.807) is 18.2 Å². The molecule has 9 nitrogen and oxygen atoms in total. The average Bonchev–Trinajstić information content (AvgIpc) is 2.75. The summed E-state index contributed by atoms with van der Waals surface area (Å²) in [5.41, 5.74) is -0.116. The van der Waals surface area contributed by atoms with Crippen molar-refractivity contribution in [2.24, 2.45) is 0 Å². The first-order chi connectivity index (χ1) is 14.8. The Morgan fingerprint density at radius 1 is 0.935 bits per heavy atom.